The van der Waals surface area contributed by atoms with E-state index >= 15 is 0 Å². The maximum absolute atomic E-state index is 11.9. The molecule has 0 bridgehead atoms. The molecule has 5 nitrogen and oxygen atoms in total. The molecule has 108 valence electrons. The molecular weight excluding hydrogens is 322 g/mol. The fourth-order valence-corrected chi connectivity index (χ4v) is 2.64. The number of rotatable bonds is 5. The monoisotopic (exact) mass is 339 g/mol. The Morgan fingerprint density at radius 3 is 3.15 bits per heavy atom. The van der Waals surface area contributed by atoms with Gasteiger partial charge in [-0.05, 0) is 41.6 Å². The van der Waals surface area contributed by atoms with E-state index in [9.17, 15) is 4.79 Å². The second-order valence-electron chi connectivity index (χ2n) is 4.74. The molecule has 1 aliphatic rings. The predicted octanol–water partition coefficient (Wildman–Crippen LogP) is 2.01. The summed E-state index contributed by atoms with van der Waals surface area (Å²) in [6.07, 6.45) is 11.6. The largest absolute Gasteiger partial charge is 0.383 e. The Bertz CT molecular complexity index is 544. The van der Waals surface area contributed by atoms with E-state index in [1.807, 2.05) is 0 Å². The Morgan fingerprint density at radius 2 is 2.45 bits per heavy atom. The van der Waals surface area contributed by atoms with E-state index in [4.69, 9.17) is 11.2 Å². The van der Waals surface area contributed by atoms with Crippen molar-refractivity contribution in [2.45, 2.75) is 38.3 Å². The Labute approximate surface area is 126 Å². The molecule has 1 atom stereocenters. The third kappa shape index (κ3) is 3.84. The van der Waals surface area contributed by atoms with Crippen LogP contribution in [0.25, 0.3) is 0 Å². The van der Waals surface area contributed by atoms with Gasteiger partial charge in [0.25, 0.3) is 5.56 Å². The van der Waals surface area contributed by atoms with Crippen molar-refractivity contribution in [3.63, 3.8) is 0 Å². The smallest absolute Gasteiger partial charge is 0.284 e. The Hall–Kier alpha value is -1.32. The van der Waals surface area contributed by atoms with Crippen LogP contribution in [0.3, 0.4) is 0 Å². The van der Waals surface area contributed by atoms with E-state index in [2.05, 4.69) is 32.3 Å². The number of ether oxygens (including phenoxy) is 1. The first kappa shape index (κ1) is 15.1. The summed E-state index contributed by atoms with van der Waals surface area (Å²) in [5, 5.41) is 7.25. The lowest BCUT2D eigenvalue weighted by atomic mass is 10.1. The highest BCUT2D eigenvalue weighted by Gasteiger charge is 2.14. The van der Waals surface area contributed by atoms with Gasteiger partial charge < -0.3 is 10.1 Å². The van der Waals surface area contributed by atoms with E-state index < -0.39 is 0 Å². The quantitative estimate of drug-likeness (QED) is 0.833. The van der Waals surface area contributed by atoms with Crippen molar-refractivity contribution in [1.29, 1.82) is 0 Å². The van der Waals surface area contributed by atoms with E-state index in [0.717, 1.165) is 32.4 Å². The van der Waals surface area contributed by atoms with Gasteiger partial charge in [-0.1, -0.05) is 5.92 Å². The average molecular weight is 340 g/mol. The molecule has 2 rings (SSSR count). The van der Waals surface area contributed by atoms with Crippen LogP contribution in [0.15, 0.2) is 15.5 Å². The summed E-state index contributed by atoms with van der Waals surface area (Å²) in [5.74, 6) is 2.40. The number of anilines is 1. The van der Waals surface area contributed by atoms with Crippen molar-refractivity contribution in [1.82, 2.24) is 9.78 Å². The van der Waals surface area contributed by atoms with Gasteiger partial charge in [-0.2, -0.15) is 5.10 Å². The molecule has 2 heterocycles. The first-order chi connectivity index (χ1) is 9.72. The molecule has 0 aliphatic carbocycles. The zero-order valence-corrected chi connectivity index (χ0v) is 12.9. The van der Waals surface area contributed by atoms with Crippen molar-refractivity contribution in [2.24, 2.45) is 0 Å². The summed E-state index contributed by atoms with van der Waals surface area (Å²) in [7, 11) is 0. The molecule has 1 fully saturated rings. The molecule has 1 saturated heterocycles. The first-order valence-electron chi connectivity index (χ1n) is 6.77. The SMILES string of the molecule is C#CCn1ncc(NCCC2CCCCO2)c(Br)c1=O. The molecule has 20 heavy (non-hydrogen) atoms. The Kier molecular flexibility index (Phi) is 5.62. The summed E-state index contributed by atoms with van der Waals surface area (Å²) in [4.78, 5) is 11.9. The van der Waals surface area contributed by atoms with Crippen LogP contribution in [0, 0.1) is 12.3 Å². The highest BCUT2D eigenvalue weighted by molar-refractivity contribution is 9.10. The van der Waals surface area contributed by atoms with Gasteiger partial charge in [-0.25, -0.2) is 4.68 Å². The van der Waals surface area contributed by atoms with Crippen LogP contribution < -0.4 is 10.9 Å². The summed E-state index contributed by atoms with van der Waals surface area (Å²) in [6.45, 7) is 1.79. The fraction of sp³-hybridized carbons (Fsp3) is 0.571. The van der Waals surface area contributed by atoms with Gasteiger partial charge in [0, 0.05) is 13.2 Å². The minimum Gasteiger partial charge on any atom is -0.383 e. The molecule has 6 heteroatoms. The normalized spacial score (nSPS) is 18.5. The van der Waals surface area contributed by atoms with Crippen LogP contribution in [0.5, 0.6) is 0 Å². The minimum absolute atomic E-state index is 0.174. The number of halogens is 1. The van der Waals surface area contributed by atoms with Gasteiger partial charge in [0.1, 0.15) is 11.0 Å². The van der Waals surface area contributed by atoms with Crippen molar-refractivity contribution in [2.75, 3.05) is 18.5 Å². The molecule has 1 unspecified atom stereocenters. The van der Waals surface area contributed by atoms with Gasteiger partial charge in [0.05, 0.1) is 18.0 Å². The summed E-state index contributed by atoms with van der Waals surface area (Å²) in [6, 6.07) is 0. The van der Waals surface area contributed by atoms with Crippen LogP contribution in [0.4, 0.5) is 5.69 Å². The molecule has 0 aromatic carbocycles. The Morgan fingerprint density at radius 1 is 1.60 bits per heavy atom. The molecule has 1 aromatic rings. The van der Waals surface area contributed by atoms with Crippen LogP contribution in [0.2, 0.25) is 0 Å². The molecule has 0 radical (unpaired) electrons. The third-order valence-electron chi connectivity index (χ3n) is 3.28. The van der Waals surface area contributed by atoms with Crippen LogP contribution in [-0.2, 0) is 11.3 Å². The fourth-order valence-electron chi connectivity index (χ4n) is 2.19. The lowest BCUT2D eigenvalue weighted by molar-refractivity contribution is 0.0134. The standard InChI is InChI=1S/C14H18BrN3O2/c1-2-8-18-14(19)13(15)12(10-17-18)16-7-6-11-5-3-4-9-20-11/h1,10-11,16H,3-9H2. The lowest BCUT2D eigenvalue weighted by Crippen LogP contribution is -2.25. The molecule has 0 spiro atoms. The zero-order chi connectivity index (χ0) is 14.4. The van der Waals surface area contributed by atoms with E-state index in [-0.39, 0.29) is 12.1 Å². The number of hydrogen-bond acceptors (Lipinski definition) is 4. The van der Waals surface area contributed by atoms with Gasteiger partial charge in [0.15, 0.2) is 0 Å². The second kappa shape index (κ2) is 7.46. The van der Waals surface area contributed by atoms with Crippen molar-refractivity contribution >= 4 is 21.6 Å². The topological polar surface area (TPSA) is 56.1 Å². The maximum Gasteiger partial charge on any atom is 0.284 e. The Balaban J connectivity index is 1.91. The summed E-state index contributed by atoms with van der Waals surface area (Å²) in [5.41, 5.74) is 0.473. The second-order valence-corrected chi connectivity index (χ2v) is 5.54. The van der Waals surface area contributed by atoms with Gasteiger partial charge in [-0.3, -0.25) is 4.79 Å². The molecule has 0 saturated carbocycles. The molecule has 1 aliphatic heterocycles. The van der Waals surface area contributed by atoms with Crippen molar-refractivity contribution in [3.05, 3.63) is 21.0 Å². The zero-order valence-electron chi connectivity index (χ0n) is 11.3. The number of nitrogens with zero attached hydrogens (tertiary/aromatic N) is 2. The molecule has 1 aromatic heterocycles. The van der Waals surface area contributed by atoms with Gasteiger partial charge in [-0.15, -0.1) is 6.42 Å². The highest BCUT2D eigenvalue weighted by atomic mass is 79.9. The minimum atomic E-state index is -0.220. The van der Waals surface area contributed by atoms with Crippen LogP contribution >= 0.6 is 15.9 Å². The van der Waals surface area contributed by atoms with E-state index in [0.29, 0.717) is 16.3 Å². The molecule has 0 amide bonds. The van der Waals surface area contributed by atoms with Crippen molar-refractivity contribution < 1.29 is 4.74 Å². The van der Waals surface area contributed by atoms with Crippen LogP contribution in [0.1, 0.15) is 25.7 Å². The highest BCUT2D eigenvalue weighted by Crippen LogP contribution is 2.18. The van der Waals surface area contributed by atoms with Crippen molar-refractivity contribution in [3.8, 4) is 12.3 Å². The number of hydrogen-bond donors (Lipinski definition) is 1. The number of nitrogens with one attached hydrogen (secondary N) is 1. The summed E-state index contributed by atoms with van der Waals surface area (Å²) < 4.78 is 7.38. The average Bonchev–Trinajstić information content (AvgIpc) is 2.48. The molecular formula is C14H18BrN3O2. The third-order valence-corrected chi connectivity index (χ3v) is 4.05. The van der Waals surface area contributed by atoms with Crippen LogP contribution in [-0.4, -0.2) is 29.0 Å². The van der Waals surface area contributed by atoms with Gasteiger partial charge in [0.2, 0.25) is 0 Å². The van der Waals surface area contributed by atoms with E-state index in [1.54, 1.807) is 6.20 Å². The summed E-state index contributed by atoms with van der Waals surface area (Å²) >= 11 is 3.29. The first-order valence-corrected chi connectivity index (χ1v) is 7.56. The van der Waals surface area contributed by atoms with E-state index in [1.165, 1.54) is 11.1 Å². The number of terminal acetylenes is 1. The van der Waals surface area contributed by atoms with Gasteiger partial charge >= 0.3 is 0 Å². The molecule has 1 N–H and O–H groups in total. The number of aromatic nitrogens is 2. The lowest BCUT2D eigenvalue weighted by Gasteiger charge is -2.22. The predicted molar refractivity (Wildman–Crippen MR) is 81.7 cm³/mol. The maximum atomic E-state index is 11.9.